The molecule has 40 heavy (non-hydrogen) atoms. The Labute approximate surface area is 238 Å². The zero-order valence-electron chi connectivity index (χ0n) is 23.2. The lowest BCUT2D eigenvalue weighted by atomic mass is 9.48. The van der Waals surface area contributed by atoms with E-state index in [0.717, 1.165) is 22.2 Å². The number of amides is 1. The van der Waals surface area contributed by atoms with Crippen LogP contribution < -0.4 is 20.3 Å². The van der Waals surface area contributed by atoms with Gasteiger partial charge >= 0.3 is 0 Å². The molecule has 9 nitrogen and oxygen atoms in total. The van der Waals surface area contributed by atoms with Gasteiger partial charge in [0.05, 0.1) is 53.4 Å². The molecule has 198 valence electrons. The Hall–Kier alpha value is -4.18. The third-order valence-electron chi connectivity index (χ3n) is 6.37. The molecule has 0 aliphatic rings. The van der Waals surface area contributed by atoms with Crippen LogP contribution in [0.5, 0.6) is 5.75 Å². The molecular weight excluding hydrogens is 499 g/mol. The molecule has 0 fully saturated rings. The van der Waals surface area contributed by atoms with Gasteiger partial charge < -0.3 is 29.7 Å². The van der Waals surface area contributed by atoms with Crippen molar-refractivity contribution in [3.8, 4) is 17.0 Å². The van der Waals surface area contributed by atoms with Crippen molar-refractivity contribution in [1.82, 2.24) is 19.4 Å². The molecule has 0 spiro atoms. The van der Waals surface area contributed by atoms with Crippen LogP contribution in [0, 0.1) is 0 Å². The molecule has 0 saturated carbocycles. The fraction of sp³-hybridized carbons (Fsp3) is 0.250. The number of nitrogens with one attached hydrogen (secondary N) is 2. The maximum absolute atomic E-state index is 12.4. The Kier molecular flexibility index (Phi) is 8.59. The monoisotopic (exact) mass is 529 g/mol. The summed E-state index contributed by atoms with van der Waals surface area (Å²) in [4.78, 5) is 25.1. The van der Waals surface area contributed by atoms with Gasteiger partial charge in [0.15, 0.2) is 0 Å². The average molecular weight is 529 g/mol. The smallest absolute Gasteiger partial charge is 0.247 e. The Morgan fingerprint density at radius 3 is 2.58 bits per heavy atom. The molecular formula is C28H30B3N7O2. The summed E-state index contributed by atoms with van der Waals surface area (Å²) >= 11 is 0. The number of likely N-dealkylation sites (N-methyl/N-ethyl adjacent to an activating group) is 1. The fourth-order valence-corrected chi connectivity index (χ4v) is 4.40. The summed E-state index contributed by atoms with van der Waals surface area (Å²) in [5, 5.41) is 5.40. The van der Waals surface area contributed by atoms with Crippen LogP contribution in [0.3, 0.4) is 0 Å². The first-order valence-electron chi connectivity index (χ1n) is 12.6. The zero-order chi connectivity index (χ0) is 29.0. The second-order valence-corrected chi connectivity index (χ2v) is 9.67. The van der Waals surface area contributed by atoms with E-state index in [1.54, 1.807) is 23.2 Å². The van der Waals surface area contributed by atoms with Gasteiger partial charge in [-0.25, -0.2) is 9.97 Å². The van der Waals surface area contributed by atoms with Crippen LogP contribution in [0.2, 0.25) is 0 Å². The highest BCUT2D eigenvalue weighted by molar-refractivity contribution is 6.61. The minimum Gasteiger partial charge on any atom is -0.494 e. The second kappa shape index (κ2) is 11.9. The van der Waals surface area contributed by atoms with E-state index >= 15 is 0 Å². The van der Waals surface area contributed by atoms with Crippen LogP contribution in [0.1, 0.15) is 0 Å². The minimum atomic E-state index is -1.72. The van der Waals surface area contributed by atoms with Crippen molar-refractivity contribution in [3.05, 3.63) is 67.5 Å². The Morgan fingerprint density at radius 2 is 1.90 bits per heavy atom. The van der Waals surface area contributed by atoms with Crippen molar-refractivity contribution >= 4 is 63.4 Å². The van der Waals surface area contributed by atoms with Gasteiger partial charge in [-0.2, -0.15) is 0 Å². The number of anilines is 4. The fourth-order valence-electron chi connectivity index (χ4n) is 4.40. The number of para-hydroxylation sites is 1. The molecule has 4 rings (SSSR count). The molecule has 4 aromatic rings. The molecule has 0 bridgehead atoms. The maximum atomic E-state index is 12.4. The van der Waals surface area contributed by atoms with E-state index < -0.39 is 11.1 Å². The van der Waals surface area contributed by atoms with E-state index in [2.05, 4.69) is 38.9 Å². The molecule has 2 heterocycles. The molecule has 12 heteroatoms. The highest BCUT2D eigenvalue weighted by atomic mass is 16.5. The number of ether oxygens (including phenoxy) is 1. The Morgan fingerprint density at radius 1 is 1.15 bits per heavy atom. The van der Waals surface area contributed by atoms with Crippen molar-refractivity contribution < 1.29 is 9.53 Å². The molecule has 2 N–H and O–H groups in total. The lowest BCUT2D eigenvalue weighted by Gasteiger charge is -2.41. The molecule has 6 radical (unpaired) electrons. The number of rotatable bonds is 11. The lowest BCUT2D eigenvalue weighted by Crippen LogP contribution is -2.53. The minimum absolute atomic E-state index is 0.341. The number of fused-ring (bicyclic) bond motifs is 1. The zero-order valence-corrected chi connectivity index (χ0v) is 23.2. The molecule has 0 aliphatic heterocycles. The number of carbonyl (C=O) groups is 1. The normalized spacial score (nSPS) is 11.4. The highest BCUT2D eigenvalue weighted by Crippen LogP contribution is 2.39. The van der Waals surface area contributed by atoms with E-state index in [1.807, 2.05) is 50.4 Å². The van der Waals surface area contributed by atoms with Gasteiger partial charge in [0.1, 0.15) is 5.75 Å². The van der Waals surface area contributed by atoms with Crippen LogP contribution in [0.4, 0.5) is 23.0 Å². The predicted molar refractivity (Wildman–Crippen MR) is 165 cm³/mol. The van der Waals surface area contributed by atoms with Crippen molar-refractivity contribution in [3.63, 3.8) is 0 Å². The summed E-state index contributed by atoms with van der Waals surface area (Å²) in [5.74, 6) is 0.355. The third kappa shape index (κ3) is 6.34. The van der Waals surface area contributed by atoms with Crippen molar-refractivity contribution in [2.75, 3.05) is 49.8 Å². The predicted octanol–water partition coefficient (Wildman–Crippen LogP) is 3.00. The molecule has 0 unspecified atom stereocenters. The molecule has 0 atom stereocenters. The van der Waals surface area contributed by atoms with E-state index in [1.165, 1.54) is 13.2 Å². The summed E-state index contributed by atoms with van der Waals surface area (Å²) < 4.78 is 7.76. The van der Waals surface area contributed by atoms with Crippen molar-refractivity contribution in [2.24, 2.45) is 7.05 Å². The molecule has 0 saturated heterocycles. The number of methoxy groups -OCH3 is 1. The Balaban J connectivity index is 1.77. The van der Waals surface area contributed by atoms with E-state index in [-0.39, 0.29) is 0 Å². The molecule has 1 amide bonds. The molecule has 2 aromatic carbocycles. The van der Waals surface area contributed by atoms with Gasteiger partial charge in [0, 0.05) is 55.1 Å². The SMILES string of the molecule is [B]C([B])([B])N(CCN(C)C)c1cc(OC)c(Nc2nccc(-c3cn(C)c4ccccc34)n2)cc1NC(=O)C=C. The standard InChI is InChI=1S/C28H30B3N7O2/c1-6-26(39)33-21-15-22(25(40-5)16-24(21)38(28(29,30)31)14-13-36(2)3)35-27-32-12-11-20(34-27)19-17-37(4)23-10-8-7-9-18(19)23/h6-12,15-17H,1,13-14H2,2-5H3,(H,33,39)(H,32,34,35). The second-order valence-electron chi connectivity index (χ2n) is 9.67. The van der Waals surface area contributed by atoms with Crippen molar-refractivity contribution in [2.45, 2.75) is 5.24 Å². The largest absolute Gasteiger partial charge is 0.494 e. The number of hydrogen-bond acceptors (Lipinski definition) is 7. The van der Waals surface area contributed by atoms with E-state index in [9.17, 15) is 4.79 Å². The van der Waals surface area contributed by atoms with Gasteiger partial charge in [0.2, 0.25) is 11.9 Å². The van der Waals surface area contributed by atoms with Crippen LogP contribution in [-0.4, -0.2) is 88.4 Å². The van der Waals surface area contributed by atoms with Crippen LogP contribution in [-0.2, 0) is 11.8 Å². The Bertz CT molecular complexity index is 1530. The number of benzene rings is 2. The van der Waals surface area contributed by atoms with Crippen LogP contribution in [0.25, 0.3) is 22.2 Å². The van der Waals surface area contributed by atoms with Gasteiger partial charge in [-0.1, -0.05) is 30.0 Å². The number of hydrogen-bond donors (Lipinski definition) is 2. The first kappa shape index (κ1) is 28.8. The highest BCUT2D eigenvalue weighted by Gasteiger charge is 2.25. The summed E-state index contributed by atoms with van der Waals surface area (Å²) in [6, 6.07) is 13.4. The van der Waals surface area contributed by atoms with E-state index in [0.29, 0.717) is 41.8 Å². The topological polar surface area (TPSA) is 87.6 Å². The van der Waals surface area contributed by atoms with Crippen molar-refractivity contribution in [1.29, 1.82) is 0 Å². The summed E-state index contributed by atoms with van der Waals surface area (Å²) in [6.45, 7) is 4.53. The summed E-state index contributed by atoms with van der Waals surface area (Å²) in [5.41, 5.74) is 4.19. The van der Waals surface area contributed by atoms with Gasteiger partial charge in [-0.3, -0.25) is 4.79 Å². The van der Waals surface area contributed by atoms with E-state index in [4.69, 9.17) is 33.3 Å². The first-order chi connectivity index (χ1) is 19.0. The number of aryl methyl sites for hydroxylation is 1. The quantitative estimate of drug-likeness (QED) is 0.228. The molecule has 2 aromatic heterocycles. The lowest BCUT2D eigenvalue weighted by molar-refractivity contribution is -0.111. The van der Waals surface area contributed by atoms with Gasteiger partial charge in [-0.05, 0) is 38.4 Å². The number of nitrogens with zero attached hydrogens (tertiary/aromatic N) is 5. The van der Waals surface area contributed by atoms with Gasteiger partial charge in [-0.15, -0.1) is 0 Å². The van der Waals surface area contributed by atoms with Crippen LogP contribution in [0.15, 0.2) is 67.5 Å². The van der Waals surface area contributed by atoms with Crippen LogP contribution >= 0.6 is 0 Å². The number of aromatic nitrogens is 3. The molecule has 0 aliphatic carbocycles. The first-order valence-corrected chi connectivity index (χ1v) is 12.6. The summed E-state index contributed by atoms with van der Waals surface area (Å²) in [6.07, 6.45) is 4.89. The third-order valence-corrected chi connectivity index (χ3v) is 6.37. The van der Waals surface area contributed by atoms with Gasteiger partial charge in [0.25, 0.3) is 0 Å². The summed E-state index contributed by atoms with van der Waals surface area (Å²) in [7, 11) is 25.8. The number of carbonyl (C=O) groups excluding carboxylic acids is 1. The average Bonchev–Trinajstić information content (AvgIpc) is 3.25. The maximum Gasteiger partial charge on any atom is 0.247 e.